The zero-order valence-electron chi connectivity index (χ0n) is 13.9. The molecular formula is C16H18N2O7S. The summed E-state index contributed by atoms with van der Waals surface area (Å²) in [5.74, 6) is 0. The molecule has 10 heteroatoms. The van der Waals surface area contributed by atoms with Gasteiger partial charge < -0.3 is 9.84 Å². The molecule has 1 saturated heterocycles. The highest BCUT2D eigenvalue weighted by molar-refractivity contribution is 7.86. The monoisotopic (exact) mass is 382 g/mol. The number of nitrogens with one attached hydrogen (secondary N) is 1. The Hall–Kier alpha value is -2.27. The summed E-state index contributed by atoms with van der Waals surface area (Å²) >= 11 is 0. The molecule has 1 aromatic heterocycles. The van der Waals surface area contributed by atoms with E-state index in [1.54, 1.807) is 12.1 Å². The molecule has 3 rings (SSSR count). The molecule has 140 valence electrons. The van der Waals surface area contributed by atoms with Crippen LogP contribution in [0.3, 0.4) is 0 Å². The maximum absolute atomic E-state index is 12.2. The molecule has 9 nitrogen and oxygen atoms in total. The normalized spacial score (nSPS) is 23.2. The fourth-order valence-corrected chi connectivity index (χ4v) is 3.59. The number of aryl methyl sites for hydroxylation is 1. The van der Waals surface area contributed by atoms with E-state index in [0.717, 1.165) is 16.2 Å². The van der Waals surface area contributed by atoms with E-state index in [0.29, 0.717) is 0 Å². The van der Waals surface area contributed by atoms with Gasteiger partial charge in [0.25, 0.3) is 15.7 Å². The van der Waals surface area contributed by atoms with Crippen molar-refractivity contribution >= 4 is 10.1 Å². The van der Waals surface area contributed by atoms with Gasteiger partial charge in [0.15, 0.2) is 6.23 Å². The van der Waals surface area contributed by atoms with Crippen LogP contribution in [0.5, 0.6) is 0 Å². The Bertz CT molecular complexity index is 994. The van der Waals surface area contributed by atoms with Gasteiger partial charge >= 0.3 is 5.69 Å². The van der Waals surface area contributed by atoms with Gasteiger partial charge in [0.05, 0.1) is 17.6 Å². The highest BCUT2D eigenvalue weighted by atomic mass is 32.2. The summed E-state index contributed by atoms with van der Waals surface area (Å²) in [6.07, 6.45) is -1.51. The predicted molar refractivity (Wildman–Crippen MR) is 90.2 cm³/mol. The zero-order valence-corrected chi connectivity index (χ0v) is 14.7. The first-order valence-corrected chi connectivity index (χ1v) is 9.28. The minimum Gasteiger partial charge on any atom is -0.388 e. The molecule has 0 spiro atoms. The number of benzene rings is 1. The van der Waals surface area contributed by atoms with Crippen molar-refractivity contribution < 1.29 is 22.4 Å². The first-order valence-electron chi connectivity index (χ1n) is 7.87. The second-order valence-corrected chi connectivity index (χ2v) is 7.64. The van der Waals surface area contributed by atoms with Crippen LogP contribution in [0.15, 0.2) is 51.0 Å². The van der Waals surface area contributed by atoms with Gasteiger partial charge in [-0.15, -0.1) is 0 Å². The van der Waals surface area contributed by atoms with Gasteiger partial charge in [0.2, 0.25) is 0 Å². The number of nitrogens with zero attached hydrogens (tertiary/aromatic N) is 1. The summed E-state index contributed by atoms with van der Waals surface area (Å²) in [5.41, 5.74) is -0.376. The van der Waals surface area contributed by atoms with Crippen LogP contribution in [0.4, 0.5) is 0 Å². The number of aromatic amines is 1. The molecule has 0 saturated carbocycles. The number of ether oxygens (including phenoxy) is 1. The number of aliphatic hydroxyl groups excluding tert-OH is 1. The first-order chi connectivity index (χ1) is 12.3. The van der Waals surface area contributed by atoms with E-state index >= 15 is 0 Å². The van der Waals surface area contributed by atoms with E-state index < -0.39 is 39.8 Å². The van der Waals surface area contributed by atoms with Crippen LogP contribution in [0.2, 0.25) is 0 Å². The fourth-order valence-electron chi connectivity index (χ4n) is 2.65. The Labute approximate surface area is 149 Å². The van der Waals surface area contributed by atoms with Crippen molar-refractivity contribution in [3.05, 3.63) is 62.9 Å². The molecule has 0 bridgehead atoms. The molecule has 1 aliphatic rings. The maximum Gasteiger partial charge on any atom is 0.330 e. The number of hydrogen-bond acceptors (Lipinski definition) is 7. The third-order valence-electron chi connectivity index (χ3n) is 4.01. The molecule has 2 heterocycles. The average Bonchev–Trinajstić information content (AvgIpc) is 2.94. The average molecular weight is 382 g/mol. The SMILES string of the molecule is Cc1ccc(S(=O)(=O)OC[C@@H]2C[C@H](O)[C@H](n3ccc(=O)[nH]c3=O)O2)cc1. The minimum atomic E-state index is -3.96. The Balaban J connectivity index is 1.67. The molecular weight excluding hydrogens is 364 g/mol. The Morgan fingerprint density at radius 1 is 1.27 bits per heavy atom. The highest BCUT2D eigenvalue weighted by Gasteiger charge is 2.36. The van der Waals surface area contributed by atoms with Gasteiger partial charge in [0, 0.05) is 18.7 Å². The molecule has 0 amide bonds. The van der Waals surface area contributed by atoms with Gasteiger partial charge in [-0.25, -0.2) is 4.79 Å². The smallest absolute Gasteiger partial charge is 0.330 e. The van der Waals surface area contributed by atoms with Gasteiger partial charge in [-0.05, 0) is 19.1 Å². The van der Waals surface area contributed by atoms with E-state index in [-0.39, 0.29) is 17.9 Å². The molecule has 2 N–H and O–H groups in total. The lowest BCUT2D eigenvalue weighted by atomic mass is 10.2. The van der Waals surface area contributed by atoms with Crippen molar-refractivity contribution in [2.75, 3.05) is 6.61 Å². The molecule has 1 aliphatic heterocycles. The lowest BCUT2D eigenvalue weighted by Gasteiger charge is -2.17. The van der Waals surface area contributed by atoms with Crippen LogP contribution in [0, 0.1) is 6.92 Å². The quantitative estimate of drug-likeness (QED) is 0.691. The van der Waals surface area contributed by atoms with Crippen LogP contribution < -0.4 is 11.2 Å². The Morgan fingerprint density at radius 3 is 2.62 bits per heavy atom. The molecule has 0 unspecified atom stereocenters. The van der Waals surface area contributed by atoms with Crippen LogP contribution in [-0.2, 0) is 19.0 Å². The van der Waals surface area contributed by atoms with E-state index in [2.05, 4.69) is 4.98 Å². The number of rotatable bonds is 5. The summed E-state index contributed by atoms with van der Waals surface area (Å²) in [4.78, 5) is 25.0. The third kappa shape index (κ3) is 3.93. The van der Waals surface area contributed by atoms with Crippen molar-refractivity contribution in [1.82, 2.24) is 9.55 Å². The van der Waals surface area contributed by atoms with E-state index in [9.17, 15) is 23.1 Å². The number of hydrogen-bond donors (Lipinski definition) is 2. The topological polar surface area (TPSA) is 128 Å². The van der Waals surface area contributed by atoms with Crippen LogP contribution in [-0.4, -0.2) is 41.9 Å². The summed E-state index contributed by atoms with van der Waals surface area (Å²) in [5, 5.41) is 10.1. The number of aliphatic hydroxyl groups is 1. The van der Waals surface area contributed by atoms with Gasteiger partial charge in [0.1, 0.15) is 6.10 Å². The molecule has 1 fully saturated rings. The van der Waals surface area contributed by atoms with Crippen LogP contribution in [0.1, 0.15) is 18.2 Å². The van der Waals surface area contributed by atoms with E-state index in [4.69, 9.17) is 8.92 Å². The van der Waals surface area contributed by atoms with Crippen molar-refractivity contribution in [3.63, 3.8) is 0 Å². The highest BCUT2D eigenvalue weighted by Crippen LogP contribution is 2.28. The van der Waals surface area contributed by atoms with Crippen molar-refractivity contribution in [3.8, 4) is 0 Å². The zero-order chi connectivity index (χ0) is 18.9. The third-order valence-corrected chi connectivity index (χ3v) is 5.31. The number of H-pyrrole nitrogens is 1. The summed E-state index contributed by atoms with van der Waals surface area (Å²) in [7, 11) is -3.96. The standard InChI is InChI=1S/C16H18N2O7S/c1-10-2-4-12(5-3-10)26(22,23)24-9-11-8-13(19)15(25-11)18-7-6-14(20)17-16(18)21/h2-7,11,13,15,19H,8-9H2,1H3,(H,17,20,21)/t11-,13-,15+/m0/s1. The van der Waals surface area contributed by atoms with Crippen LogP contribution >= 0.6 is 0 Å². The molecule has 1 aromatic carbocycles. The Kier molecular flexibility index (Phi) is 5.10. The predicted octanol–water partition coefficient (Wildman–Crippen LogP) is -0.101. The van der Waals surface area contributed by atoms with Crippen LogP contribution in [0.25, 0.3) is 0 Å². The lowest BCUT2D eigenvalue weighted by Crippen LogP contribution is -2.35. The van der Waals surface area contributed by atoms with Gasteiger partial charge in [-0.2, -0.15) is 8.42 Å². The largest absolute Gasteiger partial charge is 0.388 e. The van der Waals surface area contributed by atoms with Crippen molar-refractivity contribution in [2.45, 2.75) is 36.7 Å². The van der Waals surface area contributed by atoms with Gasteiger partial charge in [-0.3, -0.25) is 18.5 Å². The molecule has 0 aliphatic carbocycles. The molecule has 3 atom stereocenters. The summed E-state index contributed by atoms with van der Waals surface area (Å²) in [6.45, 7) is 1.53. The first kappa shape index (κ1) is 18.5. The second kappa shape index (κ2) is 7.16. The minimum absolute atomic E-state index is 0.0232. The van der Waals surface area contributed by atoms with Crippen molar-refractivity contribution in [2.24, 2.45) is 0 Å². The molecule has 0 radical (unpaired) electrons. The maximum atomic E-state index is 12.2. The van der Waals surface area contributed by atoms with Crippen molar-refractivity contribution in [1.29, 1.82) is 0 Å². The second-order valence-electron chi connectivity index (χ2n) is 6.02. The molecule has 2 aromatic rings. The van der Waals surface area contributed by atoms with Gasteiger partial charge in [-0.1, -0.05) is 17.7 Å². The fraction of sp³-hybridized carbons (Fsp3) is 0.375. The van der Waals surface area contributed by atoms with E-state index in [1.165, 1.54) is 18.3 Å². The number of aromatic nitrogens is 2. The lowest BCUT2D eigenvalue weighted by molar-refractivity contribution is -0.0497. The Morgan fingerprint density at radius 2 is 1.96 bits per heavy atom. The molecule has 26 heavy (non-hydrogen) atoms. The summed E-state index contributed by atoms with van der Waals surface area (Å²) in [6, 6.07) is 7.33. The summed E-state index contributed by atoms with van der Waals surface area (Å²) < 4.78 is 36.0. The van der Waals surface area contributed by atoms with E-state index in [1.807, 2.05) is 6.92 Å².